The molecule has 1 aliphatic rings. The molecule has 0 saturated heterocycles. The van der Waals surface area contributed by atoms with E-state index in [0.717, 1.165) is 35.2 Å². The molecule has 0 unspecified atom stereocenters. The number of carbonyl (C=O) groups excluding carboxylic acids is 1. The Morgan fingerprint density at radius 2 is 1.97 bits per heavy atom. The van der Waals surface area contributed by atoms with Crippen LogP contribution in [0.5, 0.6) is 5.88 Å². The van der Waals surface area contributed by atoms with Crippen LogP contribution in [0.1, 0.15) is 30.0 Å². The maximum atomic E-state index is 12.5. The predicted octanol–water partition coefficient (Wildman–Crippen LogP) is 4.86. The number of halogens is 1. The first kappa shape index (κ1) is 19.8. The van der Waals surface area contributed by atoms with Gasteiger partial charge in [-0.15, -0.1) is 0 Å². The number of hydrogen-bond acceptors (Lipinski definition) is 5. The Bertz CT molecular complexity index is 1490. The van der Waals surface area contributed by atoms with Crippen LogP contribution in [0, 0.1) is 0 Å². The number of nitrogens with zero attached hydrogens (tertiary/aromatic N) is 5. The highest BCUT2D eigenvalue weighted by molar-refractivity contribution is 6.29. The topological polar surface area (TPSA) is 85.8 Å². The Labute approximate surface area is 193 Å². The summed E-state index contributed by atoms with van der Waals surface area (Å²) in [6, 6.07) is 15.6. The van der Waals surface area contributed by atoms with Gasteiger partial charge in [0.05, 0.1) is 18.4 Å². The molecule has 0 bridgehead atoms. The zero-order chi connectivity index (χ0) is 22.4. The molecule has 1 aromatic carbocycles. The quantitative estimate of drug-likeness (QED) is 0.380. The van der Waals surface area contributed by atoms with E-state index in [-0.39, 0.29) is 17.6 Å². The lowest BCUT2D eigenvalue weighted by molar-refractivity contribution is 0.196. The lowest BCUT2D eigenvalue weighted by Crippen LogP contribution is -2.27. The standard InChI is InChI=1S/C24H19ClN6O2/c25-20-11-22(31-23(29-20)19(13-27-31)16-6-7-16)33-24(32)26-12-18-14-30-9-8-17(10-21(30)28-18)15-4-2-1-3-5-15/h1-5,8-11,13-14,16H,6-7,12H2,(H,26,32). The van der Waals surface area contributed by atoms with Crippen LogP contribution in [0.2, 0.25) is 5.15 Å². The summed E-state index contributed by atoms with van der Waals surface area (Å²) in [5, 5.41) is 7.32. The first-order valence-corrected chi connectivity index (χ1v) is 11.0. The van der Waals surface area contributed by atoms with Gasteiger partial charge in [-0.2, -0.15) is 9.61 Å². The summed E-state index contributed by atoms with van der Waals surface area (Å²) in [6.07, 6.45) is 7.19. The van der Waals surface area contributed by atoms with Crippen molar-refractivity contribution in [3.63, 3.8) is 0 Å². The van der Waals surface area contributed by atoms with E-state index in [0.29, 0.717) is 17.3 Å². The molecule has 0 atom stereocenters. The van der Waals surface area contributed by atoms with Crippen molar-refractivity contribution >= 4 is 29.0 Å². The van der Waals surface area contributed by atoms with Crippen LogP contribution in [0.3, 0.4) is 0 Å². The number of imidazole rings is 1. The molecule has 4 aromatic heterocycles. The van der Waals surface area contributed by atoms with Gasteiger partial charge in [0.15, 0.2) is 5.65 Å². The smallest absolute Gasteiger partial charge is 0.391 e. The molecule has 33 heavy (non-hydrogen) atoms. The van der Waals surface area contributed by atoms with Crippen molar-refractivity contribution in [2.24, 2.45) is 0 Å². The highest BCUT2D eigenvalue weighted by Crippen LogP contribution is 2.42. The van der Waals surface area contributed by atoms with E-state index in [4.69, 9.17) is 16.3 Å². The maximum Gasteiger partial charge on any atom is 0.414 e. The summed E-state index contributed by atoms with van der Waals surface area (Å²) in [5.74, 6) is 0.671. The van der Waals surface area contributed by atoms with Crippen LogP contribution in [0.4, 0.5) is 4.79 Å². The number of rotatable bonds is 5. The lowest BCUT2D eigenvalue weighted by Gasteiger charge is -2.07. The van der Waals surface area contributed by atoms with Crippen molar-refractivity contribution in [1.82, 2.24) is 29.3 Å². The largest absolute Gasteiger partial charge is 0.414 e. The Morgan fingerprint density at radius 1 is 1.12 bits per heavy atom. The molecule has 1 fully saturated rings. The van der Waals surface area contributed by atoms with E-state index >= 15 is 0 Å². The second-order valence-electron chi connectivity index (χ2n) is 8.05. The number of pyridine rings is 1. The van der Waals surface area contributed by atoms with E-state index < -0.39 is 6.09 Å². The molecule has 1 N–H and O–H groups in total. The molecule has 0 spiro atoms. The zero-order valence-electron chi connectivity index (χ0n) is 17.5. The van der Waals surface area contributed by atoms with Gasteiger partial charge in [0, 0.05) is 24.0 Å². The van der Waals surface area contributed by atoms with Crippen molar-refractivity contribution in [2.75, 3.05) is 0 Å². The molecule has 1 aliphatic carbocycles. The third kappa shape index (κ3) is 3.89. The number of carbonyl (C=O) groups is 1. The molecule has 8 nitrogen and oxygen atoms in total. The van der Waals surface area contributed by atoms with Gasteiger partial charge < -0.3 is 14.5 Å². The monoisotopic (exact) mass is 458 g/mol. The maximum absolute atomic E-state index is 12.5. The van der Waals surface area contributed by atoms with E-state index in [9.17, 15) is 4.79 Å². The molecule has 1 amide bonds. The van der Waals surface area contributed by atoms with E-state index in [1.165, 1.54) is 10.6 Å². The van der Waals surface area contributed by atoms with Crippen molar-refractivity contribution in [2.45, 2.75) is 25.3 Å². The number of amides is 1. The van der Waals surface area contributed by atoms with Crippen molar-refractivity contribution in [3.05, 3.63) is 83.5 Å². The summed E-state index contributed by atoms with van der Waals surface area (Å²) in [4.78, 5) is 21.4. The normalized spacial score (nSPS) is 13.5. The van der Waals surface area contributed by atoms with Crippen molar-refractivity contribution in [3.8, 4) is 17.0 Å². The minimum atomic E-state index is -0.621. The minimum Gasteiger partial charge on any atom is -0.391 e. The average molecular weight is 459 g/mol. The molecule has 0 aliphatic heterocycles. The number of fused-ring (bicyclic) bond motifs is 2. The summed E-state index contributed by atoms with van der Waals surface area (Å²) < 4.78 is 8.92. The van der Waals surface area contributed by atoms with Gasteiger partial charge in [0.1, 0.15) is 10.8 Å². The van der Waals surface area contributed by atoms with E-state index in [2.05, 4.69) is 32.5 Å². The highest BCUT2D eigenvalue weighted by Gasteiger charge is 2.28. The number of hydrogen-bond donors (Lipinski definition) is 1. The van der Waals surface area contributed by atoms with Gasteiger partial charge in [0.2, 0.25) is 5.88 Å². The number of nitrogens with one attached hydrogen (secondary N) is 1. The van der Waals surface area contributed by atoms with Crippen molar-refractivity contribution in [1.29, 1.82) is 0 Å². The second kappa shape index (κ2) is 7.90. The molecular weight excluding hydrogens is 440 g/mol. The SMILES string of the molecule is O=C(NCc1cn2ccc(-c3ccccc3)cc2n1)Oc1cc(Cl)nc2c(C3CC3)cnn12. The third-order valence-corrected chi connectivity index (χ3v) is 5.87. The molecule has 164 valence electrons. The van der Waals surface area contributed by atoms with Crippen LogP contribution in [-0.2, 0) is 6.54 Å². The van der Waals surface area contributed by atoms with Crippen LogP contribution < -0.4 is 10.1 Å². The summed E-state index contributed by atoms with van der Waals surface area (Å²) >= 11 is 6.16. The van der Waals surface area contributed by atoms with Crippen LogP contribution in [0.25, 0.3) is 22.4 Å². The molecule has 5 aromatic rings. The fourth-order valence-corrected chi connectivity index (χ4v) is 4.08. The number of benzene rings is 1. The number of aromatic nitrogens is 5. The van der Waals surface area contributed by atoms with Gasteiger partial charge in [-0.1, -0.05) is 41.9 Å². The number of ether oxygens (including phenoxy) is 1. The Morgan fingerprint density at radius 3 is 2.79 bits per heavy atom. The van der Waals surface area contributed by atoms with E-state index in [1.807, 2.05) is 47.1 Å². The van der Waals surface area contributed by atoms with Crippen LogP contribution >= 0.6 is 11.6 Å². The average Bonchev–Trinajstić information content (AvgIpc) is 3.44. The van der Waals surface area contributed by atoms with Crippen LogP contribution in [0.15, 0.2) is 67.1 Å². The summed E-state index contributed by atoms with van der Waals surface area (Å²) in [6.45, 7) is 0.218. The first-order valence-electron chi connectivity index (χ1n) is 10.7. The van der Waals surface area contributed by atoms with Crippen LogP contribution in [-0.4, -0.2) is 30.1 Å². The van der Waals surface area contributed by atoms with Crippen molar-refractivity contribution < 1.29 is 9.53 Å². The lowest BCUT2D eigenvalue weighted by atomic mass is 10.1. The Balaban J connectivity index is 1.17. The highest BCUT2D eigenvalue weighted by atomic mass is 35.5. The zero-order valence-corrected chi connectivity index (χ0v) is 18.2. The second-order valence-corrected chi connectivity index (χ2v) is 8.44. The third-order valence-electron chi connectivity index (χ3n) is 5.68. The molecule has 1 saturated carbocycles. The first-order chi connectivity index (χ1) is 16.1. The van der Waals surface area contributed by atoms with E-state index in [1.54, 1.807) is 6.20 Å². The fourth-order valence-electron chi connectivity index (χ4n) is 3.90. The molecule has 9 heteroatoms. The summed E-state index contributed by atoms with van der Waals surface area (Å²) in [7, 11) is 0. The van der Waals surface area contributed by atoms with Gasteiger partial charge in [-0.25, -0.2) is 14.8 Å². The summed E-state index contributed by atoms with van der Waals surface area (Å²) in [5.41, 5.74) is 5.37. The Hall–Kier alpha value is -3.91. The molecular formula is C24H19ClN6O2. The van der Waals surface area contributed by atoms with Gasteiger partial charge in [-0.05, 0) is 42.0 Å². The van der Waals surface area contributed by atoms with Gasteiger partial charge in [-0.3, -0.25) is 0 Å². The minimum absolute atomic E-state index is 0.218. The molecule has 6 rings (SSSR count). The molecule has 0 radical (unpaired) electrons. The van der Waals surface area contributed by atoms with Gasteiger partial charge in [0.25, 0.3) is 0 Å². The fraction of sp³-hybridized carbons (Fsp3) is 0.167. The Kier molecular flexibility index (Phi) is 4.73. The van der Waals surface area contributed by atoms with Gasteiger partial charge >= 0.3 is 6.09 Å². The predicted molar refractivity (Wildman–Crippen MR) is 123 cm³/mol. The molecule has 4 heterocycles.